The van der Waals surface area contributed by atoms with Gasteiger partial charge in [0.25, 0.3) is 0 Å². The van der Waals surface area contributed by atoms with E-state index in [1.54, 1.807) is 27.0 Å². The van der Waals surface area contributed by atoms with Gasteiger partial charge in [-0.15, -0.1) is 11.8 Å². The second-order valence-electron chi connectivity index (χ2n) is 15.4. The van der Waals surface area contributed by atoms with Crippen LogP contribution in [-0.2, 0) is 54.3 Å². The van der Waals surface area contributed by atoms with Crippen molar-refractivity contribution in [2.24, 2.45) is 16.5 Å². The number of nitrogens with two attached hydrogens (primary N) is 2. The summed E-state index contributed by atoms with van der Waals surface area (Å²) in [7, 11) is 1.23. The first-order valence-electron chi connectivity index (χ1n) is 20.1. The monoisotopic (exact) mass is 872 g/mol. The van der Waals surface area contributed by atoms with Gasteiger partial charge in [-0.25, -0.2) is 4.79 Å². The maximum Gasteiger partial charge on any atom is 0.328 e. The van der Waals surface area contributed by atoms with E-state index in [-0.39, 0.29) is 37.7 Å². The van der Waals surface area contributed by atoms with Gasteiger partial charge < -0.3 is 57.4 Å². The highest BCUT2D eigenvalue weighted by Gasteiger charge is 2.39. The Morgan fingerprint density at radius 1 is 0.951 bits per heavy atom. The Kier molecular flexibility index (Phi) is 19.8. The molecular weight excluding hydrogens is 813 g/mol. The lowest BCUT2D eigenvalue weighted by molar-refractivity contribution is -0.157. The van der Waals surface area contributed by atoms with E-state index >= 15 is 0 Å². The Bertz CT molecular complexity index is 1890. The molecule has 2 heterocycles. The lowest BCUT2D eigenvalue weighted by Crippen LogP contribution is -2.58. The third-order valence-corrected chi connectivity index (χ3v) is 10.2. The number of para-hydroxylation sites is 1. The van der Waals surface area contributed by atoms with Crippen LogP contribution in [0.5, 0.6) is 0 Å². The number of carbonyl (C=O) groups is 8. The lowest BCUT2D eigenvalue weighted by atomic mass is 10.0. The molecule has 0 unspecified atom stereocenters. The number of amides is 6. The van der Waals surface area contributed by atoms with Crippen molar-refractivity contribution in [2.75, 3.05) is 38.4 Å². The number of nitrogens with one attached hydrogen (secondary N) is 6. The fraction of sp³-hybridized carbons (Fsp3) is 0.575. The highest BCUT2D eigenvalue weighted by molar-refractivity contribution is 7.99. The molecule has 1 aliphatic rings. The Balaban J connectivity index is 1.79. The molecule has 10 N–H and O–H groups in total. The highest BCUT2D eigenvalue weighted by atomic mass is 32.2. The van der Waals surface area contributed by atoms with Crippen molar-refractivity contribution in [3.63, 3.8) is 0 Å². The number of H-pyrrole nitrogens is 1. The number of carbonyl (C=O) groups excluding carboxylic acids is 8. The molecule has 1 fully saturated rings. The second kappa shape index (κ2) is 24.4. The minimum atomic E-state index is -1.56. The van der Waals surface area contributed by atoms with Crippen molar-refractivity contribution in [3.05, 3.63) is 36.0 Å². The molecule has 0 bridgehead atoms. The number of hydrogen-bond acceptors (Lipinski definition) is 12. The normalized spacial score (nSPS) is 15.1. The minimum Gasteiger partial charge on any atom is -0.467 e. The van der Waals surface area contributed by atoms with Crippen LogP contribution >= 0.6 is 11.8 Å². The van der Waals surface area contributed by atoms with Crippen LogP contribution in [0.4, 0.5) is 0 Å². The van der Waals surface area contributed by atoms with Crippen LogP contribution in [0.3, 0.4) is 0 Å². The summed E-state index contributed by atoms with van der Waals surface area (Å²) in [6, 6.07) is 2.68. The summed E-state index contributed by atoms with van der Waals surface area (Å²) in [5.41, 5.74) is 11.3. The maximum absolute atomic E-state index is 14.2. The molecule has 20 nitrogen and oxygen atoms in total. The van der Waals surface area contributed by atoms with Crippen molar-refractivity contribution in [1.82, 2.24) is 36.5 Å². The van der Waals surface area contributed by atoms with Crippen LogP contribution in [0.1, 0.15) is 78.2 Å². The fourth-order valence-corrected chi connectivity index (χ4v) is 7.27. The number of rotatable bonds is 23. The van der Waals surface area contributed by atoms with Gasteiger partial charge in [0.05, 0.1) is 26.0 Å². The zero-order valence-electron chi connectivity index (χ0n) is 35.4. The molecule has 2 aromatic rings. The number of guanidine groups is 1. The molecule has 4 atom stereocenters. The molecule has 6 amide bonds. The molecule has 0 radical (unpaired) electrons. The van der Waals surface area contributed by atoms with E-state index in [1.165, 1.54) is 30.7 Å². The number of ether oxygens (including phenoxy) is 2. The number of likely N-dealkylation sites (tertiary alicyclic amines) is 1. The average molecular weight is 873 g/mol. The molecule has 1 aromatic carbocycles. The smallest absolute Gasteiger partial charge is 0.328 e. The third kappa shape index (κ3) is 17.3. The second-order valence-corrected chi connectivity index (χ2v) is 16.5. The molecule has 61 heavy (non-hydrogen) atoms. The summed E-state index contributed by atoms with van der Waals surface area (Å²) in [6.45, 7) is 6.19. The Labute approximate surface area is 359 Å². The Hall–Kier alpha value is -5.86. The largest absolute Gasteiger partial charge is 0.467 e. The Morgan fingerprint density at radius 3 is 2.36 bits per heavy atom. The number of benzene rings is 1. The number of methoxy groups -OCH3 is 1. The number of aliphatic imine (C=N–C) groups is 1. The van der Waals surface area contributed by atoms with Crippen molar-refractivity contribution in [1.29, 1.82) is 0 Å². The number of esters is 2. The maximum atomic E-state index is 14.2. The van der Waals surface area contributed by atoms with Crippen molar-refractivity contribution >= 4 is 76.0 Å². The first-order chi connectivity index (χ1) is 28.9. The number of nitrogens with zero attached hydrogens (tertiary/aromatic N) is 2. The van der Waals surface area contributed by atoms with E-state index in [9.17, 15) is 38.4 Å². The summed E-state index contributed by atoms with van der Waals surface area (Å²) >= 11 is 1.32. The molecule has 1 aromatic heterocycles. The quantitative estimate of drug-likeness (QED) is 0.0237. The van der Waals surface area contributed by atoms with Gasteiger partial charge in [0.15, 0.2) is 5.96 Å². The number of fused-ring (bicyclic) bond motifs is 1. The summed E-state index contributed by atoms with van der Waals surface area (Å²) in [5.74, 6) is -4.43. The van der Waals surface area contributed by atoms with E-state index in [4.69, 9.17) is 20.9 Å². The first kappa shape index (κ1) is 49.5. The molecule has 0 aliphatic carbocycles. The third-order valence-electron chi connectivity index (χ3n) is 9.33. The van der Waals surface area contributed by atoms with Gasteiger partial charge in [-0.05, 0) is 64.5 Å². The number of thioether (sulfide) groups is 1. The molecule has 3 rings (SSSR count). The highest BCUT2D eigenvalue weighted by Crippen LogP contribution is 2.23. The van der Waals surface area contributed by atoms with E-state index in [0.29, 0.717) is 49.4 Å². The van der Waals surface area contributed by atoms with Gasteiger partial charge in [-0.3, -0.25) is 38.6 Å². The van der Waals surface area contributed by atoms with Crippen LogP contribution in [0, 0.1) is 0 Å². The summed E-state index contributed by atoms with van der Waals surface area (Å²) in [5, 5.41) is 13.8. The number of aromatic nitrogens is 1. The van der Waals surface area contributed by atoms with E-state index in [2.05, 4.69) is 36.6 Å². The van der Waals surface area contributed by atoms with Gasteiger partial charge in [-0.1, -0.05) is 18.2 Å². The predicted octanol–water partition coefficient (Wildman–Crippen LogP) is -0.163. The van der Waals surface area contributed by atoms with Gasteiger partial charge in [0, 0.05) is 55.7 Å². The first-order valence-corrected chi connectivity index (χ1v) is 21.2. The van der Waals surface area contributed by atoms with Gasteiger partial charge in [0.1, 0.15) is 29.8 Å². The fourth-order valence-electron chi connectivity index (χ4n) is 6.49. The predicted molar refractivity (Wildman–Crippen MR) is 228 cm³/mol. The number of unbranched alkanes of at least 4 members (excludes halogenated alkanes) is 1. The average Bonchev–Trinajstić information content (AvgIpc) is 3.85. The summed E-state index contributed by atoms with van der Waals surface area (Å²) in [6.07, 6.45) is 3.16. The lowest BCUT2D eigenvalue weighted by Gasteiger charge is -2.29. The van der Waals surface area contributed by atoms with E-state index < -0.39 is 84.2 Å². The van der Waals surface area contributed by atoms with Crippen LogP contribution < -0.4 is 38.1 Å². The molecule has 336 valence electrons. The zero-order valence-corrected chi connectivity index (χ0v) is 36.2. The van der Waals surface area contributed by atoms with Crippen molar-refractivity contribution in [2.45, 2.75) is 109 Å². The summed E-state index contributed by atoms with van der Waals surface area (Å²) in [4.78, 5) is 113. The zero-order chi connectivity index (χ0) is 45.1. The van der Waals surface area contributed by atoms with Crippen molar-refractivity contribution < 1.29 is 47.8 Å². The number of aromatic amines is 1. The van der Waals surface area contributed by atoms with Crippen LogP contribution in [0.2, 0.25) is 0 Å². The topological polar surface area (TPSA) is 299 Å². The van der Waals surface area contributed by atoms with Crippen molar-refractivity contribution in [3.8, 4) is 0 Å². The number of hydrogen-bond donors (Lipinski definition) is 8. The van der Waals surface area contributed by atoms with Gasteiger partial charge >= 0.3 is 11.9 Å². The molecule has 0 spiro atoms. The van der Waals surface area contributed by atoms with Gasteiger partial charge in [0.2, 0.25) is 35.4 Å². The molecule has 0 saturated carbocycles. The van der Waals surface area contributed by atoms with Crippen LogP contribution in [0.15, 0.2) is 35.5 Å². The van der Waals surface area contributed by atoms with Crippen LogP contribution in [0.25, 0.3) is 10.9 Å². The standard InChI is InChI=1S/C40H60N10O10S/c1-24(51)46-23-61-18-15-32(52)47-28(13-8-9-16-43-39(41)42)35(55)45-22-33(53)48-29(20-34(54)60-40(2,3)4)36(56)49-30(19-25-21-44-27-12-7-6-11-26(25)27)37(57)50-17-10-14-31(50)38(58)59-5/h6-7,11-12,21,28-31,44H,8-10,13-20,22-23H2,1-5H3,(H,45,55)(H,46,51)(H,47,52)(H,48,53)(H,49,56)(H4,41,42,43)/t28-,29-,30-,31-/m0/s1. The molecule has 1 saturated heterocycles. The molecule has 1 aliphatic heterocycles. The Morgan fingerprint density at radius 2 is 1.67 bits per heavy atom. The van der Waals surface area contributed by atoms with Gasteiger partial charge in [-0.2, -0.15) is 0 Å². The SMILES string of the molecule is COC(=O)[C@@H]1CCCN1C(=O)[C@H](Cc1c[nH]c2ccccc12)NC(=O)[C@H](CC(=O)OC(C)(C)C)NC(=O)CNC(=O)[C@H](CCCCN=C(N)N)NC(=O)CCSCNC(C)=O. The molecule has 21 heteroatoms. The minimum absolute atomic E-state index is 0.00476. The van der Waals surface area contributed by atoms with E-state index in [1.807, 2.05) is 24.3 Å². The van der Waals surface area contributed by atoms with E-state index in [0.717, 1.165) is 10.9 Å². The van der Waals surface area contributed by atoms with Crippen LogP contribution in [-0.4, -0.2) is 131 Å². The molecular formula is C40H60N10O10S. The summed E-state index contributed by atoms with van der Waals surface area (Å²) < 4.78 is 10.4.